The number of benzene rings is 3. The number of aromatic nitrogens is 4. The van der Waals surface area contributed by atoms with Crippen LogP contribution in [0.25, 0.3) is 10.9 Å². The number of carbonyl (C=O) groups excluding carboxylic acids is 8. The molecule has 3 aromatic carbocycles. The Morgan fingerprint density at radius 3 is 1.56 bits per heavy atom. The monoisotopic (exact) mass is 1410 g/mol. The maximum absolute atomic E-state index is 14.6. The van der Waals surface area contributed by atoms with E-state index in [-0.39, 0.29) is 96.0 Å². The van der Waals surface area contributed by atoms with E-state index in [4.69, 9.17) is 5.73 Å². The lowest BCUT2D eigenvalue weighted by molar-refractivity contribution is -0.141. The molecule has 101 heavy (non-hydrogen) atoms. The molecule has 16 N–H and O–H groups in total. The summed E-state index contributed by atoms with van der Waals surface area (Å²) in [5.74, 6) is -13.4. The van der Waals surface area contributed by atoms with Gasteiger partial charge in [0.1, 0.15) is 54.2 Å². The molecular formula is C66H88N16O19. The average molecular weight is 1410 g/mol. The highest BCUT2D eigenvalue weighted by Gasteiger charge is 2.34. The highest BCUT2D eigenvalue weighted by Crippen LogP contribution is 2.22. The number of fused-ring (bicyclic) bond motifs is 1. The fourth-order valence-corrected chi connectivity index (χ4v) is 11.2. The van der Waals surface area contributed by atoms with E-state index in [1.807, 2.05) is 6.92 Å². The number of aliphatic carboxylic acids is 5. The molecule has 35 nitrogen and oxygen atoms in total. The molecule has 5 aromatic rings. The molecule has 0 aliphatic carbocycles. The third-order valence-electron chi connectivity index (χ3n) is 16.5. The number of unbranched alkanes of at least 4 members (excludes halogenated alkanes) is 1. The summed E-state index contributed by atoms with van der Waals surface area (Å²) >= 11 is 0. The van der Waals surface area contributed by atoms with Crippen LogP contribution in [-0.2, 0) is 88.1 Å². The number of rotatable bonds is 38. The van der Waals surface area contributed by atoms with Crippen LogP contribution >= 0.6 is 0 Å². The van der Waals surface area contributed by atoms with Crippen molar-refractivity contribution in [3.05, 3.63) is 114 Å². The molecule has 546 valence electrons. The summed E-state index contributed by atoms with van der Waals surface area (Å²) in [5.41, 5.74) is 8.19. The van der Waals surface area contributed by atoms with Crippen molar-refractivity contribution in [3.8, 4) is 5.75 Å². The number of amides is 8. The first-order valence-corrected chi connectivity index (χ1v) is 32.8. The summed E-state index contributed by atoms with van der Waals surface area (Å²) in [6.45, 7) is 1.64. The highest BCUT2D eigenvalue weighted by molar-refractivity contribution is 5.97. The minimum Gasteiger partial charge on any atom is -0.508 e. The standard InChI is InChI=1S/C66H88N16O19/c1-3-4-13-47(64(99)75-52(32-57(88)89)66(101)74-50(61(67)96)30-41-10-6-5-7-11-41)72-65(100)51(31-43-33-68-46-14-9-8-12-45(43)46)71-55(85)36-82-34-53(76-77-82)49(29-42-15-17-44(83)18-16-42)73-62(97)40(2)69-63(98)48(19-20-56(86)87)70-54(84)35-78-21-23-79(37-58(90)91)25-27-81(39-60(94)95)28-26-80(24-22-78)38-59(92)93/h5-12,14-18,33-34,40,47-52,68,83H,3-4,13,19-32,35-39H2,1-2H3,(H2,67,96)(H,69,98)(H,70,84)(H,71,85)(H,72,100)(H,73,97)(H,74,101)(H,75,99)(H,86,87)(H,88,89)(H,90,91)(H,92,93)(H,94,95)/t40-,47-,48+,49-,50-,51-,52-/m0/s1. The van der Waals surface area contributed by atoms with Gasteiger partial charge in [-0.05, 0) is 61.1 Å². The molecule has 7 atom stereocenters. The largest absolute Gasteiger partial charge is 0.508 e. The van der Waals surface area contributed by atoms with Gasteiger partial charge < -0.3 is 78.6 Å². The molecule has 0 bridgehead atoms. The Bertz CT molecular complexity index is 3650. The van der Waals surface area contributed by atoms with Crippen molar-refractivity contribution in [1.29, 1.82) is 0 Å². The molecule has 6 rings (SSSR count). The van der Waals surface area contributed by atoms with Crippen molar-refractivity contribution in [2.45, 2.75) is 120 Å². The van der Waals surface area contributed by atoms with Crippen LogP contribution in [0.4, 0.5) is 0 Å². The lowest BCUT2D eigenvalue weighted by Gasteiger charge is -2.33. The molecule has 1 aliphatic rings. The van der Waals surface area contributed by atoms with E-state index in [1.54, 1.807) is 92.5 Å². The molecule has 35 heteroatoms. The molecule has 0 unspecified atom stereocenters. The van der Waals surface area contributed by atoms with Crippen molar-refractivity contribution < 1.29 is 93.0 Å². The number of H-pyrrole nitrogens is 1. The number of aromatic hydroxyl groups is 1. The van der Waals surface area contributed by atoms with E-state index in [2.05, 4.69) is 52.5 Å². The number of para-hydroxylation sites is 1. The van der Waals surface area contributed by atoms with E-state index >= 15 is 0 Å². The SMILES string of the molecule is CCCC[C@H](NC(=O)[C@H](Cc1c[nH]c2ccccc12)NC(=O)Cn1cc([C@H](Cc2ccc(O)cc2)NC(=O)[C@H](C)NC(=O)[C@@H](CCC(=O)O)NC(=O)CN2CCN(CC(=O)O)CCN(CC(=O)O)CCN(CC(=O)O)CC2)nn1)C(=O)N[C@@H](CC(=O)O)C(=O)N[C@@H](Cc1ccccc1)C(N)=O. The lowest BCUT2D eigenvalue weighted by Crippen LogP contribution is -2.59. The van der Waals surface area contributed by atoms with Gasteiger partial charge in [-0.15, -0.1) is 5.10 Å². The zero-order valence-electron chi connectivity index (χ0n) is 56.0. The molecule has 1 fully saturated rings. The Balaban J connectivity index is 1.17. The Labute approximate surface area is 579 Å². The Hall–Kier alpha value is -10.9. The van der Waals surface area contributed by atoms with Gasteiger partial charge in [0.25, 0.3) is 0 Å². The number of nitrogens with one attached hydrogen (secondary N) is 8. The van der Waals surface area contributed by atoms with Gasteiger partial charge in [-0.1, -0.05) is 85.6 Å². The number of carboxylic acid groups (broad SMARTS) is 5. The number of nitrogens with two attached hydrogens (primary N) is 1. The van der Waals surface area contributed by atoms with Crippen molar-refractivity contribution in [2.24, 2.45) is 5.73 Å². The number of primary amides is 1. The summed E-state index contributed by atoms with van der Waals surface area (Å²) < 4.78 is 1.12. The van der Waals surface area contributed by atoms with Gasteiger partial charge >= 0.3 is 29.8 Å². The first-order valence-electron chi connectivity index (χ1n) is 32.8. The van der Waals surface area contributed by atoms with Crippen LogP contribution in [0.3, 0.4) is 0 Å². The van der Waals surface area contributed by atoms with Crippen molar-refractivity contribution in [2.75, 3.05) is 78.5 Å². The number of phenols is 1. The molecule has 0 saturated carbocycles. The van der Waals surface area contributed by atoms with Crippen LogP contribution < -0.4 is 43.0 Å². The maximum atomic E-state index is 14.6. The predicted molar refractivity (Wildman–Crippen MR) is 359 cm³/mol. The summed E-state index contributed by atoms with van der Waals surface area (Å²) in [4.78, 5) is 180. The fourth-order valence-electron chi connectivity index (χ4n) is 11.2. The molecule has 0 spiro atoms. The first kappa shape index (κ1) is 79.1. The number of phenolic OH excluding ortho intramolecular Hbond substituents is 1. The van der Waals surface area contributed by atoms with Gasteiger partial charge in [-0.2, -0.15) is 0 Å². The minimum atomic E-state index is -1.74. The van der Waals surface area contributed by atoms with Crippen LogP contribution in [0, 0.1) is 0 Å². The highest BCUT2D eigenvalue weighted by atomic mass is 16.4. The van der Waals surface area contributed by atoms with E-state index in [1.165, 1.54) is 25.3 Å². The zero-order chi connectivity index (χ0) is 73.7. The summed E-state index contributed by atoms with van der Waals surface area (Å²) in [7, 11) is 0. The molecule has 1 aliphatic heterocycles. The number of nitrogens with zero attached hydrogens (tertiary/aromatic N) is 7. The number of hydrogen-bond acceptors (Lipinski definition) is 20. The molecule has 1 saturated heterocycles. The smallest absolute Gasteiger partial charge is 0.317 e. The van der Waals surface area contributed by atoms with Gasteiger partial charge in [0.15, 0.2) is 0 Å². The Morgan fingerprint density at radius 2 is 1.00 bits per heavy atom. The summed E-state index contributed by atoms with van der Waals surface area (Å²) in [6, 6.07) is 11.8. The van der Waals surface area contributed by atoms with Crippen LogP contribution in [0.15, 0.2) is 91.3 Å². The Kier molecular flexibility index (Phi) is 31.0. The van der Waals surface area contributed by atoms with Gasteiger partial charge in [0, 0.05) is 88.7 Å². The quantitative estimate of drug-likeness (QED) is 0.0199. The summed E-state index contributed by atoms with van der Waals surface area (Å²) in [6.07, 6.45) is 1.74. The fraction of sp³-hybridized carbons (Fsp3) is 0.470. The van der Waals surface area contributed by atoms with Gasteiger partial charge in [0.2, 0.25) is 47.3 Å². The summed E-state index contributed by atoms with van der Waals surface area (Å²) in [5, 5.41) is 85.7. The number of carbonyl (C=O) groups is 13. The van der Waals surface area contributed by atoms with Gasteiger partial charge in [-0.3, -0.25) is 81.9 Å². The average Bonchev–Trinajstić information content (AvgIpc) is 1.73. The molecule has 2 aromatic heterocycles. The third-order valence-corrected chi connectivity index (χ3v) is 16.5. The van der Waals surface area contributed by atoms with E-state index in [9.17, 15) is 93.0 Å². The van der Waals surface area contributed by atoms with E-state index in [0.29, 0.717) is 40.4 Å². The van der Waals surface area contributed by atoms with Crippen LogP contribution in [0.1, 0.15) is 80.8 Å². The minimum absolute atomic E-state index is 0.00324. The van der Waals surface area contributed by atoms with Crippen LogP contribution in [0.2, 0.25) is 0 Å². The maximum Gasteiger partial charge on any atom is 0.317 e. The zero-order valence-corrected chi connectivity index (χ0v) is 56.0. The van der Waals surface area contributed by atoms with Crippen LogP contribution in [0.5, 0.6) is 5.75 Å². The normalized spacial score (nSPS) is 15.6. The Morgan fingerprint density at radius 1 is 0.505 bits per heavy atom. The van der Waals surface area contributed by atoms with Crippen molar-refractivity contribution >= 4 is 88.0 Å². The topological polar surface area (TPSA) is 513 Å². The van der Waals surface area contributed by atoms with Gasteiger partial charge in [0.05, 0.1) is 44.8 Å². The lowest BCUT2D eigenvalue weighted by atomic mass is 10.0. The first-order chi connectivity index (χ1) is 48.1. The third kappa shape index (κ3) is 27.4. The second kappa shape index (κ2) is 39.6. The molecular weight excluding hydrogens is 1320 g/mol. The second-order valence-electron chi connectivity index (χ2n) is 24.5. The van der Waals surface area contributed by atoms with Gasteiger partial charge in [-0.25, -0.2) is 4.68 Å². The number of hydrogen-bond donors (Lipinski definition) is 15. The van der Waals surface area contributed by atoms with E-state index in [0.717, 1.165) is 4.68 Å². The molecule has 3 heterocycles. The van der Waals surface area contributed by atoms with Crippen LogP contribution in [-0.4, -0.2) is 262 Å². The molecule has 0 radical (unpaired) electrons. The van der Waals surface area contributed by atoms with Crippen molar-refractivity contribution in [1.82, 2.24) is 76.8 Å². The number of aromatic amines is 1. The van der Waals surface area contributed by atoms with E-state index < -0.39 is 165 Å². The number of carboxylic acids is 5. The molecule has 8 amide bonds. The van der Waals surface area contributed by atoms with Crippen molar-refractivity contribution in [3.63, 3.8) is 0 Å². The predicted octanol–water partition coefficient (Wildman–Crippen LogP) is -2.23. The second-order valence-corrected chi connectivity index (χ2v) is 24.5.